The van der Waals surface area contributed by atoms with E-state index in [2.05, 4.69) is 4.98 Å². The van der Waals surface area contributed by atoms with Crippen LogP contribution in [0.3, 0.4) is 0 Å². The molecule has 1 rings (SSSR count). The Morgan fingerprint density at radius 3 is 2.79 bits per heavy atom. The third-order valence-electron chi connectivity index (χ3n) is 1.79. The fourth-order valence-corrected chi connectivity index (χ4v) is 1.14. The lowest BCUT2D eigenvalue weighted by Gasteiger charge is -2.08. The highest BCUT2D eigenvalue weighted by molar-refractivity contribution is 5.73. The molecule has 0 atom stereocenters. The number of nitrogens with zero attached hydrogens (tertiary/aromatic N) is 2. The second kappa shape index (κ2) is 3.91. The summed E-state index contributed by atoms with van der Waals surface area (Å²) < 4.78 is 1.19. The minimum absolute atomic E-state index is 0.0171. The Kier molecular flexibility index (Phi) is 2.85. The van der Waals surface area contributed by atoms with Crippen molar-refractivity contribution in [1.82, 2.24) is 9.55 Å². The molecule has 0 aliphatic heterocycles. The van der Waals surface area contributed by atoms with Gasteiger partial charge in [-0.1, -0.05) is 6.92 Å². The van der Waals surface area contributed by atoms with E-state index in [9.17, 15) is 9.59 Å². The number of nitrogen functional groups attached to an aromatic ring is 1. The lowest BCUT2D eigenvalue weighted by atomic mass is 10.4. The number of anilines is 1. The molecule has 0 fully saturated rings. The van der Waals surface area contributed by atoms with E-state index in [0.717, 1.165) is 0 Å². The average molecular weight is 196 g/mol. The summed E-state index contributed by atoms with van der Waals surface area (Å²) in [7, 11) is 0. The predicted molar refractivity (Wildman–Crippen MR) is 51.5 cm³/mol. The van der Waals surface area contributed by atoms with Crippen molar-refractivity contribution < 1.29 is 4.79 Å². The van der Waals surface area contributed by atoms with Crippen LogP contribution in [0, 0.1) is 0 Å². The van der Waals surface area contributed by atoms with E-state index < -0.39 is 11.5 Å². The van der Waals surface area contributed by atoms with Gasteiger partial charge in [0.05, 0.1) is 6.20 Å². The Morgan fingerprint density at radius 2 is 2.29 bits per heavy atom. The fourth-order valence-electron chi connectivity index (χ4n) is 1.14. The van der Waals surface area contributed by atoms with Crippen molar-refractivity contribution in [2.45, 2.75) is 19.9 Å². The van der Waals surface area contributed by atoms with Crippen LogP contribution in [0.15, 0.2) is 11.0 Å². The third-order valence-corrected chi connectivity index (χ3v) is 1.79. The van der Waals surface area contributed by atoms with Gasteiger partial charge in [-0.3, -0.25) is 14.2 Å². The van der Waals surface area contributed by atoms with Gasteiger partial charge in [0.15, 0.2) is 0 Å². The first-order valence-electron chi connectivity index (χ1n) is 4.18. The van der Waals surface area contributed by atoms with Crippen molar-refractivity contribution in [3.63, 3.8) is 0 Å². The van der Waals surface area contributed by atoms with Crippen LogP contribution in [0.25, 0.3) is 0 Å². The van der Waals surface area contributed by atoms with Gasteiger partial charge >= 0.3 is 0 Å². The van der Waals surface area contributed by atoms with Crippen LogP contribution in [0.1, 0.15) is 12.7 Å². The molecular weight excluding hydrogens is 184 g/mol. The molecule has 0 saturated heterocycles. The summed E-state index contributed by atoms with van der Waals surface area (Å²) in [5.41, 5.74) is 9.97. The van der Waals surface area contributed by atoms with E-state index in [0.29, 0.717) is 12.2 Å². The van der Waals surface area contributed by atoms with Crippen LogP contribution in [-0.4, -0.2) is 15.5 Å². The molecular formula is C8H12N4O2. The lowest BCUT2D eigenvalue weighted by molar-refractivity contribution is -0.118. The molecule has 0 aromatic carbocycles. The second-order valence-electron chi connectivity index (χ2n) is 2.84. The number of nitrogens with two attached hydrogens (primary N) is 2. The molecule has 1 amide bonds. The van der Waals surface area contributed by atoms with Crippen molar-refractivity contribution in [1.29, 1.82) is 0 Å². The standard InChI is InChI=1S/C8H12N4O2/c1-2-7-11-3-5(9)8(14)12(7)4-6(10)13/h3H,2,4,9H2,1H3,(H2,10,13). The van der Waals surface area contributed by atoms with Crippen LogP contribution >= 0.6 is 0 Å². The molecule has 4 N–H and O–H groups in total. The van der Waals surface area contributed by atoms with Gasteiger partial charge in [0.25, 0.3) is 5.56 Å². The summed E-state index contributed by atoms with van der Waals surface area (Å²) in [4.78, 5) is 26.1. The molecule has 0 bridgehead atoms. The number of aromatic nitrogens is 2. The number of primary amides is 1. The van der Waals surface area contributed by atoms with E-state index in [1.54, 1.807) is 0 Å². The first kappa shape index (κ1) is 10.2. The van der Waals surface area contributed by atoms with Crippen LogP contribution < -0.4 is 17.0 Å². The van der Waals surface area contributed by atoms with Crippen LogP contribution in [0.4, 0.5) is 5.69 Å². The summed E-state index contributed by atoms with van der Waals surface area (Å²) in [6, 6.07) is 0. The highest BCUT2D eigenvalue weighted by Crippen LogP contribution is 1.96. The van der Waals surface area contributed by atoms with Gasteiger partial charge in [0.2, 0.25) is 5.91 Å². The van der Waals surface area contributed by atoms with Gasteiger partial charge in [-0.2, -0.15) is 0 Å². The SMILES string of the molecule is CCc1ncc(N)c(=O)n1CC(N)=O. The number of hydrogen-bond acceptors (Lipinski definition) is 4. The topological polar surface area (TPSA) is 104 Å². The molecule has 6 nitrogen and oxygen atoms in total. The maximum absolute atomic E-state index is 11.5. The number of amides is 1. The zero-order valence-electron chi connectivity index (χ0n) is 7.86. The smallest absolute Gasteiger partial charge is 0.277 e. The lowest BCUT2D eigenvalue weighted by Crippen LogP contribution is -2.32. The molecule has 0 aliphatic carbocycles. The molecule has 0 spiro atoms. The molecule has 14 heavy (non-hydrogen) atoms. The van der Waals surface area contributed by atoms with Crippen molar-refractivity contribution >= 4 is 11.6 Å². The van der Waals surface area contributed by atoms with Gasteiger partial charge in [0, 0.05) is 6.42 Å². The van der Waals surface area contributed by atoms with E-state index in [-0.39, 0.29) is 12.2 Å². The van der Waals surface area contributed by atoms with Gasteiger partial charge in [0.1, 0.15) is 18.1 Å². The van der Waals surface area contributed by atoms with Gasteiger partial charge in [-0.25, -0.2) is 4.98 Å². The molecule has 0 saturated carbocycles. The largest absolute Gasteiger partial charge is 0.393 e. The minimum Gasteiger partial charge on any atom is -0.393 e. The Bertz CT molecular complexity index is 410. The number of carbonyl (C=O) groups excluding carboxylic acids is 1. The predicted octanol–water partition coefficient (Wildman–Crippen LogP) is -1.13. The molecule has 0 aliphatic rings. The summed E-state index contributed by atoms with van der Waals surface area (Å²) in [5.74, 6) is -0.0859. The van der Waals surface area contributed by atoms with Crippen molar-refractivity contribution in [3.05, 3.63) is 22.4 Å². The maximum Gasteiger partial charge on any atom is 0.277 e. The summed E-state index contributed by atoms with van der Waals surface area (Å²) in [5, 5.41) is 0. The van der Waals surface area contributed by atoms with Crippen molar-refractivity contribution in [2.75, 3.05) is 5.73 Å². The van der Waals surface area contributed by atoms with E-state index in [1.165, 1.54) is 10.8 Å². The Morgan fingerprint density at radius 1 is 1.64 bits per heavy atom. The minimum atomic E-state index is -0.589. The first-order chi connectivity index (χ1) is 6.56. The quantitative estimate of drug-likeness (QED) is 0.638. The second-order valence-corrected chi connectivity index (χ2v) is 2.84. The Balaban J connectivity index is 3.28. The van der Waals surface area contributed by atoms with Crippen LogP contribution in [0.2, 0.25) is 0 Å². The molecule has 1 aromatic heterocycles. The number of rotatable bonds is 3. The Labute approximate surface area is 80.5 Å². The molecule has 0 radical (unpaired) electrons. The summed E-state index contributed by atoms with van der Waals surface area (Å²) in [6.07, 6.45) is 1.83. The highest BCUT2D eigenvalue weighted by atomic mass is 16.2. The van der Waals surface area contributed by atoms with Gasteiger partial charge < -0.3 is 11.5 Å². The van der Waals surface area contributed by atoms with E-state index in [4.69, 9.17) is 11.5 Å². The molecule has 1 heterocycles. The number of hydrogen-bond donors (Lipinski definition) is 2. The first-order valence-corrected chi connectivity index (χ1v) is 4.18. The maximum atomic E-state index is 11.5. The van der Waals surface area contributed by atoms with E-state index >= 15 is 0 Å². The van der Waals surface area contributed by atoms with Crippen LogP contribution in [0.5, 0.6) is 0 Å². The molecule has 1 aromatic rings. The normalized spacial score (nSPS) is 10.1. The summed E-state index contributed by atoms with van der Waals surface area (Å²) >= 11 is 0. The zero-order valence-corrected chi connectivity index (χ0v) is 7.86. The third kappa shape index (κ3) is 1.90. The summed E-state index contributed by atoms with van der Waals surface area (Å²) in [6.45, 7) is 1.65. The molecule has 6 heteroatoms. The highest BCUT2D eigenvalue weighted by Gasteiger charge is 2.08. The van der Waals surface area contributed by atoms with Crippen LogP contribution in [-0.2, 0) is 17.8 Å². The molecule has 76 valence electrons. The van der Waals surface area contributed by atoms with Gasteiger partial charge in [-0.15, -0.1) is 0 Å². The molecule has 0 unspecified atom stereocenters. The van der Waals surface area contributed by atoms with Crippen molar-refractivity contribution in [3.8, 4) is 0 Å². The average Bonchev–Trinajstić information content (AvgIpc) is 2.13. The van der Waals surface area contributed by atoms with E-state index in [1.807, 2.05) is 6.92 Å². The monoisotopic (exact) mass is 196 g/mol. The zero-order chi connectivity index (χ0) is 10.7. The van der Waals surface area contributed by atoms with Crippen molar-refractivity contribution in [2.24, 2.45) is 5.73 Å². The number of aryl methyl sites for hydroxylation is 1. The van der Waals surface area contributed by atoms with Gasteiger partial charge in [-0.05, 0) is 0 Å². The Hall–Kier alpha value is -1.85. The number of carbonyl (C=O) groups is 1. The fraction of sp³-hybridized carbons (Fsp3) is 0.375.